The third-order valence-corrected chi connectivity index (χ3v) is 6.84. The lowest BCUT2D eigenvalue weighted by molar-refractivity contribution is 0.0923. The maximum atomic E-state index is 12.9. The molecule has 1 amide bonds. The van der Waals surface area contributed by atoms with Gasteiger partial charge in [0.25, 0.3) is 5.91 Å². The second kappa shape index (κ2) is 7.74. The van der Waals surface area contributed by atoms with Crippen LogP contribution in [0.25, 0.3) is 10.8 Å². The molecule has 1 aromatic heterocycles. The van der Waals surface area contributed by atoms with E-state index in [0.29, 0.717) is 24.5 Å². The van der Waals surface area contributed by atoms with E-state index < -0.39 is 0 Å². The van der Waals surface area contributed by atoms with Crippen molar-refractivity contribution in [3.05, 3.63) is 58.6 Å². The van der Waals surface area contributed by atoms with E-state index in [1.54, 1.807) is 0 Å². The van der Waals surface area contributed by atoms with Crippen molar-refractivity contribution in [1.29, 1.82) is 0 Å². The van der Waals surface area contributed by atoms with Gasteiger partial charge < -0.3 is 20.1 Å². The predicted octanol–water partition coefficient (Wildman–Crippen LogP) is 2.76. The Labute approximate surface area is 173 Å². The summed E-state index contributed by atoms with van der Waals surface area (Å²) in [5.74, 6) is -0.184. The largest absolute Gasteiger partial charge is 0.394 e. The summed E-state index contributed by atoms with van der Waals surface area (Å²) in [6.45, 7) is 2.84. The highest BCUT2D eigenvalue weighted by atomic mass is 32.1. The highest BCUT2D eigenvalue weighted by molar-refractivity contribution is 7.17. The molecule has 29 heavy (non-hydrogen) atoms. The van der Waals surface area contributed by atoms with Crippen LogP contribution in [-0.2, 0) is 4.74 Å². The first kappa shape index (κ1) is 18.5. The van der Waals surface area contributed by atoms with Gasteiger partial charge in [-0.05, 0) is 22.8 Å². The molecule has 6 nitrogen and oxygen atoms in total. The average molecular weight is 410 g/mol. The fourth-order valence-electron chi connectivity index (χ4n) is 4.15. The lowest BCUT2D eigenvalue weighted by Gasteiger charge is -2.26. The molecule has 1 fully saturated rings. The van der Waals surface area contributed by atoms with Crippen molar-refractivity contribution in [3.63, 3.8) is 0 Å². The Morgan fingerprint density at radius 1 is 1.17 bits per heavy atom. The Morgan fingerprint density at radius 3 is 2.76 bits per heavy atom. The van der Waals surface area contributed by atoms with Crippen molar-refractivity contribution in [2.24, 2.45) is 0 Å². The number of benzene rings is 2. The molecule has 2 aliphatic heterocycles. The van der Waals surface area contributed by atoms with Crippen molar-refractivity contribution < 1.29 is 14.6 Å². The molecule has 2 aliphatic rings. The molecule has 7 heteroatoms. The Kier molecular flexibility index (Phi) is 4.95. The summed E-state index contributed by atoms with van der Waals surface area (Å²) < 4.78 is 5.45. The summed E-state index contributed by atoms with van der Waals surface area (Å²) >= 11 is 1.44. The van der Waals surface area contributed by atoms with Gasteiger partial charge in [0, 0.05) is 19.0 Å². The number of morpholine rings is 1. The molecule has 3 aromatic rings. The van der Waals surface area contributed by atoms with E-state index >= 15 is 0 Å². The molecule has 0 spiro atoms. The summed E-state index contributed by atoms with van der Waals surface area (Å²) in [6, 6.07) is 14.4. The van der Waals surface area contributed by atoms with E-state index in [0.717, 1.165) is 29.5 Å². The molecule has 5 rings (SSSR count). The molecule has 2 N–H and O–H groups in total. The molecule has 2 atom stereocenters. The minimum atomic E-state index is -0.285. The second-order valence-electron chi connectivity index (χ2n) is 7.56. The van der Waals surface area contributed by atoms with Crippen molar-refractivity contribution in [1.82, 2.24) is 10.3 Å². The summed E-state index contributed by atoms with van der Waals surface area (Å²) in [4.78, 5) is 20.6. The van der Waals surface area contributed by atoms with E-state index in [1.807, 2.05) is 12.1 Å². The topological polar surface area (TPSA) is 74.7 Å². The summed E-state index contributed by atoms with van der Waals surface area (Å²) in [6.07, 6.45) is 0.625. The van der Waals surface area contributed by atoms with Crippen LogP contribution in [-0.4, -0.2) is 54.9 Å². The molecule has 1 unspecified atom stereocenters. The van der Waals surface area contributed by atoms with Crippen molar-refractivity contribution in [2.45, 2.75) is 18.4 Å². The van der Waals surface area contributed by atoms with Crippen molar-refractivity contribution in [2.75, 3.05) is 37.8 Å². The molecule has 0 aliphatic carbocycles. The molecule has 0 bridgehead atoms. The van der Waals surface area contributed by atoms with E-state index in [4.69, 9.17) is 9.72 Å². The summed E-state index contributed by atoms with van der Waals surface area (Å²) in [5.41, 5.74) is 1.94. The molecular formula is C22H23N3O3S. The number of hydrogen-bond donors (Lipinski definition) is 2. The molecule has 150 valence electrons. The van der Waals surface area contributed by atoms with Crippen LogP contribution < -0.4 is 10.2 Å². The molecular weight excluding hydrogens is 386 g/mol. The normalized spacial score (nSPS) is 22.2. The third kappa shape index (κ3) is 3.50. The van der Waals surface area contributed by atoms with Gasteiger partial charge in [-0.2, -0.15) is 0 Å². The van der Waals surface area contributed by atoms with Crippen LogP contribution in [0.4, 0.5) is 5.13 Å². The first-order valence-corrected chi connectivity index (χ1v) is 10.8. The lowest BCUT2D eigenvalue weighted by Crippen LogP contribution is -2.37. The molecule has 0 saturated carbocycles. The number of hydrogen-bond acceptors (Lipinski definition) is 6. The third-order valence-electron chi connectivity index (χ3n) is 5.71. The Balaban J connectivity index is 1.59. The number of rotatable bonds is 3. The number of aromatic nitrogens is 1. The monoisotopic (exact) mass is 409 g/mol. The van der Waals surface area contributed by atoms with Crippen LogP contribution in [0.2, 0.25) is 0 Å². The number of thiazole rings is 1. The standard InChI is InChI=1S/C22H23N3O3S/c26-13-17-12-18(16-6-5-14-3-1-2-4-15(14)11-16)19-20(21(27)23-17)29-22(24-19)25-7-9-28-10-8-25/h1-6,11,17-18,26H,7-10,12-13H2,(H,23,27)/t17-,18?/m1/s1. The number of aliphatic hydroxyl groups is 1. The number of ether oxygens (including phenoxy) is 1. The Morgan fingerprint density at radius 2 is 1.97 bits per heavy atom. The molecule has 1 saturated heterocycles. The van der Waals surface area contributed by atoms with Gasteiger partial charge in [-0.3, -0.25) is 4.79 Å². The maximum absolute atomic E-state index is 12.9. The maximum Gasteiger partial charge on any atom is 0.263 e. The Bertz CT molecular complexity index is 1040. The molecule has 2 aromatic carbocycles. The molecule has 0 radical (unpaired) electrons. The van der Waals surface area contributed by atoms with E-state index in [9.17, 15) is 9.90 Å². The van der Waals surface area contributed by atoms with E-state index in [2.05, 4.69) is 40.5 Å². The van der Waals surface area contributed by atoms with Crippen LogP contribution >= 0.6 is 11.3 Å². The average Bonchev–Trinajstić information content (AvgIpc) is 3.17. The van der Waals surface area contributed by atoms with Crippen LogP contribution in [0.1, 0.15) is 33.3 Å². The Hall–Kier alpha value is -2.48. The van der Waals surface area contributed by atoms with Crippen LogP contribution in [0.3, 0.4) is 0 Å². The van der Waals surface area contributed by atoms with Crippen LogP contribution in [0.5, 0.6) is 0 Å². The zero-order chi connectivity index (χ0) is 19.8. The summed E-state index contributed by atoms with van der Waals surface area (Å²) in [5, 5.41) is 16.0. The SMILES string of the molecule is O=C1N[C@@H](CO)CC(c2ccc3ccccc3c2)c2nc(N3CCOCC3)sc21. The minimum Gasteiger partial charge on any atom is -0.394 e. The predicted molar refractivity (Wildman–Crippen MR) is 114 cm³/mol. The van der Waals surface area contributed by atoms with Crippen LogP contribution in [0, 0.1) is 0 Å². The number of aliphatic hydroxyl groups excluding tert-OH is 1. The van der Waals surface area contributed by atoms with Gasteiger partial charge >= 0.3 is 0 Å². The minimum absolute atomic E-state index is 0.0447. The number of fused-ring (bicyclic) bond motifs is 2. The lowest BCUT2D eigenvalue weighted by atomic mass is 9.88. The number of carbonyl (C=O) groups excluding carboxylic acids is 1. The molecule has 3 heterocycles. The van der Waals surface area contributed by atoms with Gasteiger partial charge in [-0.15, -0.1) is 0 Å². The quantitative estimate of drug-likeness (QED) is 0.696. The van der Waals surface area contributed by atoms with Crippen molar-refractivity contribution >= 4 is 33.1 Å². The zero-order valence-corrected chi connectivity index (χ0v) is 16.8. The second-order valence-corrected chi connectivity index (χ2v) is 8.54. The van der Waals surface area contributed by atoms with Crippen LogP contribution in [0.15, 0.2) is 42.5 Å². The van der Waals surface area contributed by atoms with E-state index in [-0.39, 0.29) is 24.5 Å². The fraction of sp³-hybridized carbons (Fsp3) is 0.364. The first-order valence-electron chi connectivity index (χ1n) is 9.97. The van der Waals surface area contributed by atoms with Gasteiger partial charge in [0.1, 0.15) is 4.88 Å². The van der Waals surface area contributed by atoms with Gasteiger partial charge in [0.2, 0.25) is 0 Å². The number of anilines is 1. The van der Waals surface area contributed by atoms with Gasteiger partial charge in [0.15, 0.2) is 5.13 Å². The van der Waals surface area contributed by atoms with Crippen molar-refractivity contribution in [3.8, 4) is 0 Å². The number of carbonyl (C=O) groups is 1. The van der Waals surface area contributed by atoms with Gasteiger partial charge in [0.05, 0.1) is 31.6 Å². The summed E-state index contributed by atoms with van der Waals surface area (Å²) in [7, 11) is 0. The fourth-order valence-corrected chi connectivity index (χ4v) is 5.24. The van der Waals surface area contributed by atoms with E-state index in [1.165, 1.54) is 22.1 Å². The number of nitrogens with one attached hydrogen (secondary N) is 1. The highest BCUT2D eigenvalue weighted by Crippen LogP contribution is 2.39. The highest BCUT2D eigenvalue weighted by Gasteiger charge is 2.34. The van der Waals surface area contributed by atoms with Gasteiger partial charge in [-0.1, -0.05) is 53.8 Å². The van der Waals surface area contributed by atoms with Gasteiger partial charge in [-0.25, -0.2) is 4.98 Å². The zero-order valence-electron chi connectivity index (χ0n) is 16.0. The smallest absolute Gasteiger partial charge is 0.263 e. The number of nitrogens with zero attached hydrogens (tertiary/aromatic N) is 2. The number of amides is 1. The first-order chi connectivity index (χ1) is 14.2.